The van der Waals surface area contributed by atoms with Gasteiger partial charge in [-0.3, -0.25) is 4.79 Å². The quantitative estimate of drug-likeness (QED) is 0.716. The number of carbonyl (C=O) groups excluding carboxylic acids is 1. The third-order valence-electron chi connectivity index (χ3n) is 3.30. The number of halogens is 2. The zero-order valence-electron chi connectivity index (χ0n) is 13.0. The van der Waals surface area contributed by atoms with E-state index in [-0.39, 0.29) is 21.9 Å². The number of rotatable bonds is 7. The van der Waals surface area contributed by atoms with E-state index in [1.165, 1.54) is 24.3 Å². The normalized spacial score (nSPS) is 11.5. The highest BCUT2D eigenvalue weighted by molar-refractivity contribution is 7.99. The van der Waals surface area contributed by atoms with Gasteiger partial charge >= 0.3 is 0 Å². The van der Waals surface area contributed by atoms with Crippen LogP contribution < -0.4 is 10.5 Å². The second-order valence-corrected chi connectivity index (χ2v) is 7.66. The van der Waals surface area contributed by atoms with Crippen molar-refractivity contribution < 1.29 is 22.0 Å². The van der Waals surface area contributed by atoms with Crippen LogP contribution in [0.15, 0.2) is 58.3 Å². The Kier molecular flexibility index (Phi) is 6.51. The van der Waals surface area contributed by atoms with Gasteiger partial charge in [0.05, 0.1) is 10.5 Å². The highest BCUT2D eigenvalue weighted by Gasteiger charge is 2.14. The number of hydrogen-bond acceptors (Lipinski definition) is 4. The number of benzene rings is 2. The summed E-state index contributed by atoms with van der Waals surface area (Å²) in [4.78, 5) is 12.4. The number of carbonyl (C=O) groups is 1. The van der Waals surface area contributed by atoms with Gasteiger partial charge in [0.2, 0.25) is 10.0 Å². The molecule has 0 aliphatic heterocycles. The lowest BCUT2D eigenvalue weighted by Crippen LogP contribution is -2.26. The number of hydrogen-bond donors (Lipinski definition) is 2. The molecule has 134 valence electrons. The van der Waals surface area contributed by atoms with E-state index in [0.29, 0.717) is 18.2 Å². The van der Waals surface area contributed by atoms with Crippen molar-refractivity contribution in [1.82, 2.24) is 5.32 Å². The zero-order valence-corrected chi connectivity index (χ0v) is 14.6. The van der Waals surface area contributed by atoms with Gasteiger partial charge in [-0.2, -0.15) is 8.78 Å². The number of nitrogens with two attached hydrogens (primary N) is 1. The maximum Gasteiger partial charge on any atom is 0.288 e. The molecule has 3 N–H and O–H groups in total. The second kappa shape index (κ2) is 8.41. The summed E-state index contributed by atoms with van der Waals surface area (Å²) in [6, 6.07) is 12.1. The minimum absolute atomic E-state index is 0.0123. The fourth-order valence-electron chi connectivity index (χ4n) is 2.11. The van der Waals surface area contributed by atoms with Gasteiger partial charge in [-0.15, -0.1) is 0 Å². The van der Waals surface area contributed by atoms with Crippen molar-refractivity contribution in [2.75, 3.05) is 6.54 Å². The van der Waals surface area contributed by atoms with Gasteiger partial charge in [0, 0.05) is 11.4 Å². The SMILES string of the molecule is NS(=O)(=O)c1ccc(CCNC(=O)c2ccccc2SC(F)F)cc1. The molecule has 0 atom stereocenters. The van der Waals surface area contributed by atoms with E-state index in [4.69, 9.17) is 5.14 Å². The molecule has 2 rings (SSSR count). The first kappa shape index (κ1) is 19.4. The van der Waals surface area contributed by atoms with Crippen molar-refractivity contribution in [2.24, 2.45) is 5.14 Å². The monoisotopic (exact) mass is 386 g/mol. The molecule has 0 saturated carbocycles. The predicted octanol–water partition coefficient (Wildman–Crippen LogP) is 2.62. The molecule has 0 bridgehead atoms. The van der Waals surface area contributed by atoms with Crippen LogP contribution in [0.1, 0.15) is 15.9 Å². The van der Waals surface area contributed by atoms with E-state index in [9.17, 15) is 22.0 Å². The fraction of sp³-hybridized carbons (Fsp3) is 0.188. The highest BCUT2D eigenvalue weighted by Crippen LogP contribution is 2.28. The van der Waals surface area contributed by atoms with Crippen LogP contribution >= 0.6 is 11.8 Å². The van der Waals surface area contributed by atoms with Crippen molar-refractivity contribution in [3.05, 3.63) is 59.7 Å². The first-order valence-corrected chi connectivity index (χ1v) is 9.64. The molecule has 0 heterocycles. The summed E-state index contributed by atoms with van der Waals surface area (Å²) in [6.07, 6.45) is 0.459. The third-order valence-corrected chi connectivity index (χ3v) is 5.02. The Hall–Kier alpha value is -1.97. The molecule has 0 unspecified atom stereocenters. The minimum Gasteiger partial charge on any atom is -0.352 e. The Morgan fingerprint density at radius 3 is 2.36 bits per heavy atom. The molecule has 0 radical (unpaired) electrons. The molecule has 2 aromatic rings. The van der Waals surface area contributed by atoms with Gasteiger partial charge in [0.25, 0.3) is 11.7 Å². The van der Waals surface area contributed by atoms with E-state index in [1.54, 1.807) is 24.3 Å². The van der Waals surface area contributed by atoms with Crippen molar-refractivity contribution in [1.29, 1.82) is 0 Å². The average molecular weight is 386 g/mol. The summed E-state index contributed by atoms with van der Waals surface area (Å²) >= 11 is 0.324. The number of nitrogens with one attached hydrogen (secondary N) is 1. The van der Waals surface area contributed by atoms with Crippen LogP contribution in [-0.4, -0.2) is 26.6 Å². The smallest absolute Gasteiger partial charge is 0.288 e. The minimum atomic E-state index is -3.74. The van der Waals surface area contributed by atoms with Crippen LogP contribution in [0.4, 0.5) is 8.78 Å². The molecule has 0 fully saturated rings. The van der Waals surface area contributed by atoms with Crippen LogP contribution in [0.25, 0.3) is 0 Å². The van der Waals surface area contributed by atoms with Crippen LogP contribution in [0, 0.1) is 0 Å². The number of amides is 1. The van der Waals surface area contributed by atoms with E-state index >= 15 is 0 Å². The molecule has 25 heavy (non-hydrogen) atoms. The average Bonchev–Trinajstić information content (AvgIpc) is 2.54. The summed E-state index contributed by atoms with van der Waals surface area (Å²) in [7, 11) is -3.74. The molecule has 0 aliphatic rings. The first-order chi connectivity index (χ1) is 11.8. The Labute approximate surface area is 148 Å². The Balaban J connectivity index is 1.95. The summed E-state index contributed by atoms with van der Waals surface area (Å²) in [5.74, 6) is -3.05. The van der Waals surface area contributed by atoms with E-state index in [0.717, 1.165) is 5.56 Å². The van der Waals surface area contributed by atoms with Gasteiger partial charge in [-0.05, 0) is 36.2 Å². The number of alkyl halides is 2. The summed E-state index contributed by atoms with van der Waals surface area (Å²) in [5.41, 5.74) is 1.00. The standard InChI is InChI=1S/C16H16F2N2O3S2/c17-16(18)24-14-4-2-1-3-13(14)15(21)20-10-9-11-5-7-12(8-6-11)25(19,22)23/h1-8,16H,9-10H2,(H,20,21)(H2,19,22,23). The topological polar surface area (TPSA) is 89.3 Å². The number of primary sulfonamides is 1. The summed E-state index contributed by atoms with van der Waals surface area (Å²) in [5, 5.41) is 7.69. The fourth-order valence-corrected chi connectivity index (χ4v) is 3.27. The van der Waals surface area contributed by atoms with Gasteiger partial charge in [0.1, 0.15) is 0 Å². The largest absolute Gasteiger partial charge is 0.352 e. The van der Waals surface area contributed by atoms with Crippen molar-refractivity contribution >= 4 is 27.7 Å². The van der Waals surface area contributed by atoms with Crippen molar-refractivity contribution in [2.45, 2.75) is 22.0 Å². The molecule has 0 saturated heterocycles. The highest BCUT2D eigenvalue weighted by atomic mass is 32.2. The molecule has 1 amide bonds. The molecular formula is C16H16F2N2O3S2. The lowest BCUT2D eigenvalue weighted by molar-refractivity contribution is 0.0951. The van der Waals surface area contributed by atoms with E-state index in [2.05, 4.69) is 5.32 Å². The molecule has 2 aromatic carbocycles. The Morgan fingerprint density at radius 1 is 1.12 bits per heavy atom. The maximum atomic E-state index is 12.5. The number of thioether (sulfide) groups is 1. The van der Waals surface area contributed by atoms with E-state index in [1.807, 2.05) is 0 Å². The second-order valence-electron chi connectivity index (χ2n) is 5.07. The Morgan fingerprint density at radius 2 is 1.76 bits per heavy atom. The number of sulfonamides is 1. The van der Waals surface area contributed by atoms with Crippen molar-refractivity contribution in [3.8, 4) is 0 Å². The molecule has 5 nitrogen and oxygen atoms in total. The molecule has 0 aromatic heterocycles. The van der Waals surface area contributed by atoms with Crippen LogP contribution in [0.3, 0.4) is 0 Å². The van der Waals surface area contributed by atoms with Gasteiger partial charge < -0.3 is 5.32 Å². The third kappa shape index (κ3) is 5.80. The lowest BCUT2D eigenvalue weighted by atomic mass is 10.1. The van der Waals surface area contributed by atoms with Crippen molar-refractivity contribution in [3.63, 3.8) is 0 Å². The first-order valence-electron chi connectivity index (χ1n) is 7.21. The summed E-state index contributed by atoms with van der Waals surface area (Å²) in [6.45, 7) is 0.279. The van der Waals surface area contributed by atoms with Crippen LogP contribution in [0.5, 0.6) is 0 Å². The zero-order chi connectivity index (χ0) is 18.4. The van der Waals surface area contributed by atoms with Crippen LogP contribution in [0.2, 0.25) is 0 Å². The Bertz CT molecular complexity index is 841. The van der Waals surface area contributed by atoms with Crippen LogP contribution in [-0.2, 0) is 16.4 Å². The molecule has 0 aliphatic carbocycles. The molecular weight excluding hydrogens is 370 g/mol. The lowest BCUT2D eigenvalue weighted by Gasteiger charge is -2.09. The maximum absolute atomic E-state index is 12.5. The van der Waals surface area contributed by atoms with Gasteiger partial charge in [-0.25, -0.2) is 13.6 Å². The van der Waals surface area contributed by atoms with E-state index < -0.39 is 21.7 Å². The predicted molar refractivity (Wildman–Crippen MR) is 92.2 cm³/mol. The van der Waals surface area contributed by atoms with Gasteiger partial charge in [-0.1, -0.05) is 36.0 Å². The molecule has 9 heteroatoms. The van der Waals surface area contributed by atoms with Gasteiger partial charge in [0.15, 0.2) is 0 Å². The summed E-state index contributed by atoms with van der Waals surface area (Å²) < 4.78 is 47.4. The molecule has 0 spiro atoms.